The lowest BCUT2D eigenvalue weighted by molar-refractivity contribution is -0.117. The Labute approximate surface area is 111 Å². The first-order valence-electron chi connectivity index (χ1n) is 5.73. The number of carbonyl (C=O) groups excluding carboxylic acids is 2. The predicted octanol–water partition coefficient (Wildman–Crippen LogP) is 1.73. The SMILES string of the molecule is C=C(C)C(=O)NCc1ccccc1NC(=O)CC#N. The minimum absolute atomic E-state index is 0.202. The molecule has 0 unspecified atom stereocenters. The maximum Gasteiger partial charge on any atom is 0.246 e. The lowest BCUT2D eigenvalue weighted by Crippen LogP contribution is -2.24. The van der Waals surface area contributed by atoms with Crippen molar-refractivity contribution in [1.82, 2.24) is 5.32 Å². The maximum absolute atomic E-state index is 11.4. The summed E-state index contributed by atoms with van der Waals surface area (Å²) in [6.07, 6.45) is -0.202. The van der Waals surface area contributed by atoms with Gasteiger partial charge in [0, 0.05) is 17.8 Å². The number of nitrogens with zero attached hydrogens (tertiary/aromatic N) is 1. The van der Waals surface area contributed by atoms with Gasteiger partial charge in [-0.05, 0) is 18.6 Å². The minimum Gasteiger partial charge on any atom is -0.348 e. The van der Waals surface area contributed by atoms with Crippen LogP contribution in [0.25, 0.3) is 0 Å². The molecule has 0 fully saturated rings. The zero-order valence-corrected chi connectivity index (χ0v) is 10.7. The summed E-state index contributed by atoms with van der Waals surface area (Å²) in [5.41, 5.74) is 1.78. The number of rotatable bonds is 5. The van der Waals surface area contributed by atoms with Crippen LogP contribution in [-0.4, -0.2) is 11.8 Å². The molecule has 0 saturated heterocycles. The standard InChI is InChI=1S/C14H15N3O2/c1-10(2)14(19)16-9-11-5-3-4-6-12(11)17-13(18)7-8-15/h3-6H,1,7,9H2,2H3,(H,16,19)(H,17,18). The van der Waals surface area contributed by atoms with Gasteiger partial charge in [0.1, 0.15) is 6.42 Å². The number of para-hydroxylation sites is 1. The lowest BCUT2D eigenvalue weighted by atomic mass is 10.1. The molecular formula is C14H15N3O2. The Bertz CT molecular complexity index is 544. The van der Waals surface area contributed by atoms with Gasteiger partial charge >= 0.3 is 0 Å². The summed E-state index contributed by atoms with van der Waals surface area (Å²) in [5.74, 6) is -0.612. The Balaban J connectivity index is 2.73. The topological polar surface area (TPSA) is 82.0 Å². The molecule has 2 amide bonds. The highest BCUT2D eigenvalue weighted by Gasteiger charge is 2.07. The van der Waals surface area contributed by atoms with E-state index in [1.807, 2.05) is 6.07 Å². The molecule has 98 valence electrons. The molecule has 0 aliphatic heterocycles. The Hall–Kier alpha value is -2.61. The van der Waals surface area contributed by atoms with Gasteiger partial charge in [0.25, 0.3) is 0 Å². The van der Waals surface area contributed by atoms with Crippen molar-refractivity contribution in [1.29, 1.82) is 5.26 Å². The molecule has 0 atom stereocenters. The van der Waals surface area contributed by atoms with Crippen LogP contribution >= 0.6 is 0 Å². The van der Waals surface area contributed by atoms with Crippen LogP contribution in [0.3, 0.4) is 0 Å². The van der Waals surface area contributed by atoms with Gasteiger partial charge in [0.05, 0.1) is 6.07 Å². The van der Waals surface area contributed by atoms with E-state index in [1.54, 1.807) is 31.2 Å². The van der Waals surface area contributed by atoms with Crippen molar-refractivity contribution < 1.29 is 9.59 Å². The molecular weight excluding hydrogens is 242 g/mol. The molecule has 2 N–H and O–H groups in total. The highest BCUT2D eigenvalue weighted by atomic mass is 16.2. The smallest absolute Gasteiger partial charge is 0.246 e. The van der Waals surface area contributed by atoms with Crippen molar-refractivity contribution in [3.63, 3.8) is 0 Å². The van der Waals surface area contributed by atoms with Gasteiger partial charge in [-0.25, -0.2) is 0 Å². The van der Waals surface area contributed by atoms with Crippen molar-refractivity contribution in [3.8, 4) is 6.07 Å². The van der Waals surface area contributed by atoms with Gasteiger partial charge in [0.2, 0.25) is 11.8 Å². The Kier molecular flexibility index (Phi) is 5.30. The van der Waals surface area contributed by atoms with Crippen LogP contribution in [0.4, 0.5) is 5.69 Å². The molecule has 0 heterocycles. The Morgan fingerprint density at radius 3 is 2.68 bits per heavy atom. The molecule has 0 aliphatic rings. The largest absolute Gasteiger partial charge is 0.348 e. The first-order valence-corrected chi connectivity index (χ1v) is 5.73. The fourth-order valence-corrected chi connectivity index (χ4v) is 1.39. The molecule has 0 bridgehead atoms. The van der Waals surface area contributed by atoms with Crippen LogP contribution in [0.15, 0.2) is 36.4 Å². The van der Waals surface area contributed by atoms with Crippen LogP contribution in [0.1, 0.15) is 18.9 Å². The maximum atomic E-state index is 11.4. The third kappa shape index (κ3) is 4.64. The average Bonchev–Trinajstić information content (AvgIpc) is 2.37. The van der Waals surface area contributed by atoms with Crippen LogP contribution in [0.2, 0.25) is 0 Å². The summed E-state index contributed by atoms with van der Waals surface area (Å²) in [6, 6.07) is 8.87. The molecule has 0 aliphatic carbocycles. The fraction of sp³-hybridized carbons (Fsp3) is 0.214. The average molecular weight is 257 g/mol. The summed E-state index contributed by atoms with van der Waals surface area (Å²) in [4.78, 5) is 22.8. The summed E-state index contributed by atoms with van der Waals surface area (Å²) in [5, 5.41) is 13.8. The molecule has 0 spiro atoms. The van der Waals surface area contributed by atoms with E-state index in [0.717, 1.165) is 5.56 Å². The number of hydrogen-bond donors (Lipinski definition) is 2. The number of nitrogens with one attached hydrogen (secondary N) is 2. The van der Waals surface area contributed by atoms with Gasteiger partial charge in [0.15, 0.2) is 0 Å². The van der Waals surface area contributed by atoms with Crippen LogP contribution in [-0.2, 0) is 16.1 Å². The zero-order chi connectivity index (χ0) is 14.3. The summed E-state index contributed by atoms with van der Waals surface area (Å²) < 4.78 is 0. The second kappa shape index (κ2) is 6.97. The number of nitriles is 1. The Morgan fingerprint density at radius 1 is 1.37 bits per heavy atom. The molecule has 5 nitrogen and oxygen atoms in total. The highest BCUT2D eigenvalue weighted by molar-refractivity contribution is 5.93. The van der Waals surface area contributed by atoms with Crippen LogP contribution < -0.4 is 10.6 Å². The number of hydrogen-bond acceptors (Lipinski definition) is 3. The van der Waals surface area contributed by atoms with E-state index in [4.69, 9.17) is 5.26 Å². The number of amides is 2. The van der Waals surface area contributed by atoms with Gasteiger partial charge in [-0.1, -0.05) is 24.8 Å². The van der Waals surface area contributed by atoms with Crippen molar-refractivity contribution in [2.24, 2.45) is 0 Å². The van der Waals surface area contributed by atoms with Crippen LogP contribution in [0.5, 0.6) is 0 Å². The van der Waals surface area contributed by atoms with E-state index >= 15 is 0 Å². The molecule has 19 heavy (non-hydrogen) atoms. The second-order valence-corrected chi connectivity index (χ2v) is 4.00. The van der Waals surface area contributed by atoms with Crippen molar-refractivity contribution in [2.45, 2.75) is 19.9 Å². The molecule has 1 aromatic rings. The number of anilines is 1. The molecule has 1 rings (SSSR count). The van der Waals surface area contributed by atoms with Crippen molar-refractivity contribution >= 4 is 17.5 Å². The lowest BCUT2D eigenvalue weighted by Gasteiger charge is -2.11. The molecule has 1 aromatic carbocycles. The fourth-order valence-electron chi connectivity index (χ4n) is 1.39. The number of carbonyl (C=O) groups is 2. The molecule has 0 aromatic heterocycles. The third-order valence-corrected chi connectivity index (χ3v) is 2.36. The summed E-state index contributed by atoms with van der Waals surface area (Å²) in [6.45, 7) is 5.45. The van der Waals surface area contributed by atoms with E-state index in [0.29, 0.717) is 11.3 Å². The van der Waals surface area contributed by atoms with E-state index in [2.05, 4.69) is 17.2 Å². The van der Waals surface area contributed by atoms with Gasteiger partial charge in [-0.15, -0.1) is 0 Å². The van der Waals surface area contributed by atoms with Crippen molar-refractivity contribution in [2.75, 3.05) is 5.32 Å². The number of benzene rings is 1. The van der Waals surface area contributed by atoms with E-state index in [1.165, 1.54) is 0 Å². The minimum atomic E-state index is -0.374. The Morgan fingerprint density at radius 2 is 2.05 bits per heavy atom. The highest BCUT2D eigenvalue weighted by Crippen LogP contribution is 2.15. The molecule has 0 radical (unpaired) electrons. The van der Waals surface area contributed by atoms with E-state index in [-0.39, 0.29) is 24.8 Å². The van der Waals surface area contributed by atoms with Gasteiger partial charge in [-0.2, -0.15) is 5.26 Å². The predicted molar refractivity (Wildman–Crippen MR) is 72.0 cm³/mol. The normalized spacial score (nSPS) is 9.26. The van der Waals surface area contributed by atoms with Crippen molar-refractivity contribution in [3.05, 3.63) is 42.0 Å². The third-order valence-electron chi connectivity index (χ3n) is 2.36. The molecule has 5 heteroatoms. The summed E-state index contributed by atoms with van der Waals surface area (Å²) >= 11 is 0. The van der Waals surface area contributed by atoms with Gasteiger partial charge in [-0.3, -0.25) is 9.59 Å². The zero-order valence-electron chi connectivity index (χ0n) is 10.7. The van der Waals surface area contributed by atoms with Crippen LogP contribution in [0, 0.1) is 11.3 Å². The quantitative estimate of drug-likeness (QED) is 0.788. The first kappa shape index (κ1) is 14.5. The van der Waals surface area contributed by atoms with E-state index in [9.17, 15) is 9.59 Å². The molecule has 0 saturated carbocycles. The summed E-state index contributed by atoms with van der Waals surface area (Å²) in [7, 11) is 0. The second-order valence-electron chi connectivity index (χ2n) is 4.00. The van der Waals surface area contributed by atoms with Gasteiger partial charge < -0.3 is 10.6 Å². The monoisotopic (exact) mass is 257 g/mol. The first-order chi connectivity index (χ1) is 9.04. The van der Waals surface area contributed by atoms with E-state index < -0.39 is 0 Å².